The molecule has 1 atom stereocenters. The lowest BCUT2D eigenvalue weighted by Gasteiger charge is -2.28. The van der Waals surface area contributed by atoms with Crippen molar-refractivity contribution in [3.05, 3.63) is 35.4 Å². The van der Waals surface area contributed by atoms with Gasteiger partial charge < -0.3 is 5.32 Å². The molecular weight excluding hydrogens is 253 g/mol. The van der Waals surface area contributed by atoms with Crippen LogP contribution in [0, 0.1) is 0 Å². The van der Waals surface area contributed by atoms with E-state index < -0.39 is 18.1 Å². The van der Waals surface area contributed by atoms with Crippen molar-refractivity contribution >= 4 is 0 Å². The van der Waals surface area contributed by atoms with Crippen LogP contribution in [-0.4, -0.2) is 19.1 Å². The van der Waals surface area contributed by atoms with Crippen molar-refractivity contribution in [2.24, 2.45) is 0 Å². The first kappa shape index (κ1) is 14.9. The maximum atomic E-state index is 13.3. The first-order valence-corrected chi connectivity index (χ1v) is 5.44. The molecule has 1 rings (SSSR count). The van der Waals surface area contributed by atoms with Gasteiger partial charge in [-0.2, -0.15) is 22.0 Å². The molecule has 6 heteroatoms. The van der Waals surface area contributed by atoms with Crippen LogP contribution in [0.5, 0.6) is 0 Å². The quantitative estimate of drug-likeness (QED) is 0.820. The zero-order chi connectivity index (χ0) is 14.0. The van der Waals surface area contributed by atoms with Crippen molar-refractivity contribution in [3.63, 3.8) is 0 Å². The molecule has 0 aliphatic carbocycles. The molecule has 0 saturated carbocycles. The van der Waals surface area contributed by atoms with Crippen molar-refractivity contribution in [1.29, 1.82) is 0 Å². The minimum atomic E-state index is -5.58. The van der Waals surface area contributed by atoms with Gasteiger partial charge in [0.05, 0.1) is 0 Å². The molecule has 0 aliphatic rings. The SMILES string of the molecule is CCc1ccc(C(NC)C(F)(F)C(F)(F)F)cc1. The summed E-state index contributed by atoms with van der Waals surface area (Å²) in [6.07, 6.45) is -4.88. The van der Waals surface area contributed by atoms with Gasteiger partial charge in [-0.05, 0) is 24.6 Å². The zero-order valence-electron chi connectivity index (χ0n) is 9.98. The third-order valence-electron chi connectivity index (χ3n) is 2.75. The van der Waals surface area contributed by atoms with Gasteiger partial charge in [-0.25, -0.2) is 0 Å². The Labute approximate surface area is 102 Å². The molecular formula is C12H14F5N. The molecule has 1 aromatic rings. The lowest BCUT2D eigenvalue weighted by atomic mass is 9.98. The predicted octanol–water partition coefficient (Wildman–Crippen LogP) is 3.71. The van der Waals surface area contributed by atoms with E-state index in [1.165, 1.54) is 12.1 Å². The summed E-state index contributed by atoms with van der Waals surface area (Å²) in [6.45, 7) is 1.87. The molecule has 1 nitrogen and oxygen atoms in total. The average molecular weight is 267 g/mol. The van der Waals surface area contributed by atoms with Gasteiger partial charge in [0.1, 0.15) is 6.04 Å². The van der Waals surface area contributed by atoms with E-state index in [0.717, 1.165) is 12.6 Å². The van der Waals surface area contributed by atoms with Gasteiger partial charge in [0.25, 0.3) is 0 Å². The molecule has 0 radical (unpaired) electrons. The molecule has 0 aromatic heterocycles. The molecule has 0 aliphatic heterocycles. The monoisotopic (exact) mass is 267 g/mol. The van der Waals surface area contributed by atoms with Gasteiger partial charge >= 0.3 is 12.1 Å². The third kappa shape index (κ3) is 2.80. The summed E-state index contributed by atoms with van der Waals surface area (Å²) in [6, 6.07) is 3.60. The normalized spacial score (nSPS) is 14.6. The molecule has 18 heavy (non-hydrogen) atoms. The van der Waals surface area contributed by atoms with Crippen molar-refractivity contribution in [2.45, 2.75) is 31.5 Å². The van der Waals surface area contributed by atoms with Gasteiger partial charge in [0.15, 0.2) is 0 Å². The molecule has 0 fully saturated rings. The van der Waals surface area contributed by atoms with Gasteiger partial charge in [-0.1, -0.05) is 31.2 Å². The van der Waals surface area contributed by atoms with Crippen molar-refractivity contribution in [1.82, 2.24) is 5.32 Å². The van der Waals surface area contributed by atoms with E-state index in [1.807, 2.05) is 12.2 Å². The molecule has 1 aromatic carbocycles. The number of aryl methyl sites for hydroxylation is 1. The Morgan fingerprint density at radius 3 is 1.89 bits per heavy atom. The van der Waals surface area contributed by atoms with Gasteiger partial charge in [0.2, 0.25) is 0 Å². The Kier molecular flexibility index (Phi) is 4.32. The van der Waals surface area contributed by atoms with Crippen LogP contribution in [-0.2, 0) is 6.42 Å². The molecule has 0 heterocycles. The number of alkyl halides is 5. The van der Waals surface area contributed by atoms with E-state index in [0.29, 0.717) is 6.42 Å². The fourth-order valence-corrected chi connectivity index (χ4v) is 1.67. The van der Waals surface area contributed by atoms with Crippen LogP contribution in [0.25, 0.3) is 0 Å². The van der Waals surface area contributed by atoms with Gasteiger partial charge in [-0.3, -0.25) is 0 Å². The molecule has 0 amide bonds. The van der Waals surface area contributed by atoms with Crippen LogP contribution < -0.4 is 5.32 Å². The Morgan fingerprint density at radius 1 is 1.06 bits per heavy atom. The standard InChI is InChI=1S/C12H14F5N/c1-3-8-4-6-9(7-5-8)10(18-2)11(13,14)12(15,16)17/h4-7,10,18H,3H2,1-2H3. The lowest BCUT2D eigenvalue weighted by Crippen LogP contribution is -2.47. The summed E-state index contributed by atoms with van der Waals surface area (Å²) in [7, 11) is 1.08. The maximum Gasteiger partial charge on any atom is 0.455 e. The van der Waals surface area contributed by atoms with E-state index in [9.17, 15) is 22.0 Å². The fraction of sp³-hybridized carbons (Fsp3) is 0.500. The van der Waals surface area contributed by atoms with Crippen LogP contribution in [0.3, 0.4) is 0 Å². The molecule has 102 valence electrons. The average Bonchev–Trinajstić information content (AvgIpc) is 2.29. The number of hydrogen-bond acceptors (Lipinski definition) is 1. The van der Waals surface area contributed by atoms with E-state index in [1.54, 1.807) is 12.1 Å². The Balaban J connectivity index is 3.09. The number of benzene rings is 1. The second-order valence-corrected chi connectivity index (χ2v) is 3.94. The first-order valence-electron chi connectivity index (χ1n) is 5.44. The van der Waals surface area contributed by atoms with Crippen LogP contribution in [0.1, 0.15) is 24.1 Å². The van der Waals surface area contributed by atoms with E-state index >= 15 is 0 Å². The Morgan fingerprint density at radius 2 is 1.56 bits per heavy atom. The minimum Gasteiger partial charge on any atom is -0.308 e. The fourth-order valence-electron chi connectivity index (χ4n) is 1.67. The van der Waals surface area contributed by atoms with Crippen LogP contribution >= 0.6 is 0 Å². The largest absolute Gasteiger partial charge is 0.455 e. The predicted molar refractivity (Wildman–Crippen MR) is 58.6 cm³/mol. The van der Waals surface area contributed by atoms with Crippen molar-refractivity contribution in [3.8, 4) is 0 Å². The highest BCUT2D eigenvalue weighted by molar-refractivity contribution is 5.27. The van der Waals surface area contributed by atoms with Crippen molar-refractivity contribution in [2.75, 3.05) is 7.05 Å². The van der Waals surface area contributed by atoms with E-state index in [4.69, 9.17) is 0 Å². The number of hydrogen-bond donors (Lipinski definition) is 1. The lowest BCUT2D eigenvalue weighted by molar-refractivity contribution is -0.293. The number of halogens is 5. The number of rotatable bonds is 4. The smallest absolute Gasteiger partial charge is 0.308 e. The molecule has 0 bridgehead atoms. The second kappa shape index (κ2) is 5.22. The highest BCUT2D eigenvalue weighted by Crippen LogP contribution is 2.44. The maximum absolute atomic E-state index is 13.3. The molecule has 0 spiro atoms. The van der Waals surface area contributed by atoms with E-state index in [2.05, 4.69) is 0 Å². The van der Waals surface area contributed by atoms with Gasteiger partial charge in [0, 0.05) is 0 Å². The van der Waals surface area contributed by atoms with Crippen LogP contribution in [0.2, 0.25) is 0 Å². The summed E-state index contributed by atoms with van der Waals surface area (Å²) in [5, 5.41) is 2.03. The molecule has 1 N–H and O–H groups in total. The molecule has 1 unspecified atom stereocenters. The van der Waals surface area contributed by atoms with Crippen LogP contribution in [0.4, 0.5) is 22.0 Å². The second-order valence-electron chi connectivity index (χ2n) is 3.94. The number of nitrogens with one attached hydrogen (secondary N) is 1. The summed E-state index contributed by atoms with van der Waals surface area (Å²) >= 11 is 0. The zero-order valence-corrected chi connectivity index (χ0v) is 9.98. The highest BCUT2D eigenvalue weighted by Gasteiger charge is 2.62. The third-order valence-corrected chi connectivity index (χ3v) is 2.75. The molecule has 0 saturated heterocycles. The highest BCUT2D eigenvalue weighted by atomic mass is 19.4. The van der Waals surface area contributed by atoms with Crippen molar-refractivity contribution < 1.29 is 22.0 Å². The Bertz CT molecular complexity index is 382. The summed E-state index contributed by atoms with van der Waals surface area (Å²) in [5.41, 5.74) is 0.793. The summed E-state index contributed by atoms with van der Waals surface area (Å²) in [5.74, 6) is -4.81. The summed E-state index contributed by atoms with van der Waals surface area (Å²) in [4.78, 5) is 0. The van der Waals surface area contributed by atoms with E-state index in [-0.39, 0.29) is 5.56 Å². The summed E-state index contributed by atoms with van der Waals surface area (Å²) < 4.78 is 63.5. The topological polar surface area (TPSA) is 12.0 Å². The van der Waals surface area contributed by atoms with Gasteiger partial charge in [-0.15, -0.1) is 0 Å². The van der Waals surface area contributed by atoms with Crippen LogP contribution in [0.15, 0.2) is 24.3 Å². The first-order chi connectivity index (χ1) is 8.24. The Hall–Kier alpha value is -1.17. The minimum absolute atomic E-state index is 0.0861.